The van der Waals surface area contributed by atoms with Crippen molar-refractivity contribution in [2.24, 2.45) is 63.1 Å². The Bertz CT molecular complexity index is 1200. The molecule has 0 aromatic heterocycles. The number of carbonyl (C=O) groups excluding carboxylic acids is 5. The lowest BCUT2D eigenvalue weighted by Crippen LogP contribution is -2.55. The molecule has 4 fully saturated rings. The van der Waals surface area contributed by atoms with Crippen molar-refractivity contribution in [3.05, 3.63) is 12.2 Å². The number of ketones is 3. The molecule has 5 aliphatic carbocycles. The number of rotatable bonds is 8. The zero-order valence-corrected chi connectivity index (χ0v) is 26.1. The monoisotopic (exact) mass is 568 g/mol. The molecule has 226 valence electrons. The maximum atomic E-state index is 13.8. The van der Waals surface area contributed by atoms with E-state index in [1.807, 2.05) is 19.9 Å². The number of hydrogen-bond donors (Lipinski definition) is 0. The van der Waals surface area contributed by atoms with Gasteiger partial charge in [-0.05, 0) is 78.1 Å². The molecule has 0 N–H and O–H groups in total. The van der Waals surface area contributed by atoms with Crippen LogP contribution in [-0.2, 0) is 33.4 Å². The first kappa shape index (κ1) is 30.2. The van der Waals surface area contributed by atoms with Crippen molar-refractivity contribution >= 4 is 29.3 Å². The molecule has 4 saturated carbocycles. The maximum absolute atomic E-state index is 13.8. The molecule has 0 heterocycles. The van der Waals surface area contributed by atoms with Crippen LogP contribution in [0.15, 0.2) is 12.2 Å². The fourth-order valence-corrected chi connectivity index (χ4v) is 10.9. The van der Waals surface area contributed by atoms with Gasteiger partial charge in [-0.3, -0.25) is 24.0 Å². The Morgan fingerprint density at radius 2 is 1.66 bits per heavy atom. The molecule has 0 saturated heterocycles. The van der Waals surface area contributed by atoms with Gasteiger partial charge in [-0.1, -0.05) is 47.6 Å². The summed E-state index contributed by atoms with van der Waals surface area (Å²) in [7, 11) is 0. The van der Waals surface area contributed by atoms with E-state index in [2.05, 4.69) is 26.8 Å². The molecular formula is C34H48O7. The molecule has 0 bridgehead atoms. The van der Waals surface area contributed by atoms with Crippen LogP contribution in [0.3, 0.4) is 0 Å². The predicted octanol–water partition coefficient (Wildman–Crippen LogP) is 5.53. The number of allylic oxidation sites excluding steroid dienone is 2. The number of hydrogen-bond acceptors (Lipinski definition) is 7. The molecule has 12 atom stereocenters. The van der Waals surface area contributed by atoms with E-state index in [4.69, 9.17) is 9.47 Å². The SMILES string of the molecule is CC(=O)OC[C@H](C)C(C)C(=O)C(=O)[C@@H](C)[C@H]1[C@@H](OC(C)=O)C[C@@]2(C)C3CCC4[C@H](C)C(=O)C=C[C@@]45C[C@@]35CC[C@]12C. The van der Waals surface area contributed by atoms with Gasteiger partial charge in [-0.15, -0.1) is 0 Å². The van der Waals surface area contributed by atoms with E-state index in [-0.39, 0.29) is 57.8 Å². The quantitative estimate of drug-likeness (QED) is 0.280. The first-order valence-corrected chi connectivity index (χ1v) is 15.7. The first-order chi connectivity index (χ1) is 19.1. The number of esters is 2. The van der Waals surface area contributed by atoms with Gasteiger partial charge in [0.1, 0.15) is 6.10 Å². The molecule has 5 aliphatic rings. The zero-order valence-electron chi connectivity index (χ0n) is 26.1. The van der Waals surface area contributed by atoms with E-state index in [0.717, 1.165) is 32.1 Å². The molecular weight excluding hydrogens is 520 g/mol. The van der Waals surface area contributed by atoms with Crippen molar-refractivity contribution in [1.82, 2.24) is 0 Å². The first-order valence-electron chi connectivity index (χ1n) is 15.7. The van der Waals surface area contributed by atoms with E-state index in [1.165, 1.54) is 13.8 Å². The summed E-state index contributed by atoms with van der Waals surface area (Å²) in [5.41, 5.74) is -0.237. The van der Waals surface area contributed by atoms with Crippen molar-refractivity contribution in [3.63, 3.8) is 0 Å². The van der Waals surface area contributed by atoms with Gasteiger partial charge in [0.25, 0.3) is 0 Å². The Morgan fingerprint density at radius 3 is 2.29 bits per heavy atom. The maximum Gasteiger partial charge on any atom is 0.302 e. The lowest BCUT2D eigenvalue weighted by Gasteiger charge is -2.60. The topological polar surface area (TPSA) is 104 Å². The van der Waals surface area contributed by atoms with Crippen molar-refractivity contribution in [3.8, 4) is 0 Å². The molecule has 3 unspecified atom stereocenters. The second kappa shape index (κ2) is 9.87. The van der Waals surface area contributed by atoms with Crippen LogP contribution in [0, 0.1) is 63.1 Å². The van der Waals surface area contributed by atoms with Gasteiger partial charge in [0, 0.05) is 43.4 Å². The summed E-state index contributed by atoms with van der Waals surface area (Å²) < 4.78 is 11.1. The summed E-state index contributed by atoms with van der Waals surface area (Å²) in [6.07, 6.45) is 9.43. The van der Waals surface area contributed by atoms with E-state index >= 15 is 0 Å². The molecule has 0 radical (unpaired) electrons. The average Bonchev–Trinajstić information content (AvgIpc) is 3.52. The van der Waals surface area contributed by atoms with Crippen LogP contribution < -0.4 is 0 Å². The molecule has 2 spiro atoms. The van der Waals surface area contributed by atoms with Crippen LogP contribution in [0.5, 0.6) is 0 Å². The van der Waals surface area contributed by atoms with Gasteiger partial charge in [-0.2, -0.15) is 0 Å². The standard InChI is InChI=1S/C34H48O7/c1-18(16-40-22(5)35)19(2)29(38)30(39)21(4)28-26(41-23(6)36)15-32(8)27-10-9-24-20(3)25(37)11-12-33(24)17-34(27,33)14-13-31(28,32)7/h11-12,18-21,24,26-28H,9-10,13-17H2,1-8H3/t18-,19?,20-,21-,24?,26-,27?,28-,31+,32-,33+,34-/m0/s1. The van der Waals surface area contributed by atoms with Gasteiger partial charge >= 0.3 is 11.9 Å². The van der Waals surface area contributed by atoms with Gasteiger partial charge in [0.15, 0.2) is 5.78 Å². The van der Waals surface area contributed by atoms with E-state index < -0.39 is 35.5 Å². The van der Waals surface area contributed by atoms with E-state index in [1.54, 1.807) is 6.92 Å². The molecule has 41 heavy (non-hydrogen) atoms. The van der Waals surface area contributed by atoms with Crippen LogP contribution in [0.1, 0.15) is 93.9 Å². The molecule has 0 aromatic carbocycles. The number of ether oxygens (including phenoxy) is 2. The summed E-state index contributed by atoms with van der Waals surface area (Å²) >= 11 is 0. The third kappa shape index (κ3) is 4.14. The van der Waals surface area contributed by atoms with Crippen LogP contribution in [0.25, 0.3) is 0 Å². The lowest BCUT2D eigenvalue weighted by atomic mass is 9.43. The Kier molecular flexibility index (Phi) is 7.26. The molecule has 5 rings (SSSR count). The third-order valence-electron chi connectivity index (χ3n) is 13.4. The summed E-state index contributed by atoms with van der Waals surface area (Å²) in [5.74, 6) is -2.29. The van der Waals surface area contributed by atoms with Gasteiger partial charge < -0.3 is 9.47 Å². The minimum absolute atomic E-state index is 0.0560. The Morgan fingerprint density at radius 1 is 0.976 bits per heavy atom. The van der Waals surface area contributed by atoms with Gasteiger partial charge in [0.2, 0.25) is 11.6 Å². The Labute approximate surface area is 244 Å². The smallest absolute Gasteiger partial charge is 0.302 e. The zero-order chi connectivity index (χ0) is 30.3. The third-order valence-corrected chi connectivity index (χ3v) is 13.4. The largest absolute Gasteiger partial charge is 0.466 e. The summed E-state index contributed by atoms with van der Waals surface area (Å²) in [4.78, 5) is 63.5. The second-order valence-corrected chi connectivity index (χ2v) is 14.9. The highest BCUT2D eigenvalue weighted by atomic mass is 16.5. The van der Waals surface area contributed by atoms with Crippen molar-refractivity contribution in [2.75, 3.05) is 6.61 Å². The van der Waals surface area contributed by atoms with Crippen molar-refractivity contribution in [2.45, 2.75) is 100 Å². The molecule has 7 nitrogen and oxygen atoms in total. The number of fused-ring (bicyclic) bond motifs is 2. The van der Waals surface area contributed by atoms with Gasteiger partial charge in [0.05, 0.1) is 6.61 Å². The Hall–Kier alpha value is -2.31. The average molecular weight is 569 g/mol. The number of Topliss-reactive ketones (excluding diaryl/α,β-unsaturated/α-hetero) is 2. The summed E-state index contributed by atoms with van der Waals surface area (Å²) in [5, 5.41) is 0. The van der Waals surface area contributed by atoms with Crippen LogP contribution in [0.2, 0.25) is 0 Å². The molecule has 0 aliphatic heterocycles. The summed E-state index contributed by atoms with van der Waals surface area (Å²) in [6.45, 7) is 15.0. The predicted molar refractivity (Wildman–Crippen MR) is 152 cm³/mol. The van der Waals surface area contributed by atoms with Gasteiger partial charge in [-0.25, -0.2) is 0 Å². The van der Waals surface area contributed by atoms with E-state index in [9.17, 15) is 24.0 Å². The van der Waals surface area contributed by atoms with E-state index in [0.29, 0.717) is 18.3 Å². The Balaban J connectivity index is 1.45. The van der Waals surface area contributed by atoms with Crippen LogP contribution in [0.4, 0.5) is 0 Å². The molecule has 0 amide bonds. The van der Waals surface area contributed by atoms with Crippen molar-refractivity contribution < 1.29 is 33.4 Å². The fraction of sp³-hybridized carbons (Fsp3) is 0.794. The highest BCUT2D eigenvalue weighted by Gasteiger charge is 2.81. The van der Waals surface area contributed by atoms with Crippen LogP contribution in [-0.4, -0.2) is 42.0 Å². The highest BCUT2D eigenvalue weighted by molar-refractivity contribution is 6.38. The minimum Gasteiger partial charge on any atom is -0.466 e. The lowest BCUT2D eigenvalue weighted by molar-refractivity contribution is -0.156. The number of carbonyl (C=O) groups is 5. The highest BCUT2D eigenvalue weighted by Crippen LogP contribution is 2.87. The molecule has 0 aromatic rings. The summed E-state index contributed by atoms with van der Waals surface area (Å²) in [6, 6.07) is 0. The second-order valence-electron chi connectivity index (χ2n) is 14.9. The van der Waals surface area contributed by atoms with Crippen LogP contribution >= 0.6 is 0 Å². The fourth-order valence-electron chi connectivity index (χ4n) is 10.9. The molecule has 7 heteroatoms. The minimum atomic E-state index is -0.604. The normalized spacial score (nSPS) is 44.3. The van der Waals surface area contributed by atoms with Crippen molar-refractivity contribution in [1.29, 1.82) is 0 Å².